The first-order valence-electron chi connectivity index (χ1n) is 12.5. The van der Waals surface area contributed by atoms with E-state index in [9.17, 15) is 8.42 Å². The van der Waals surface area contributed by atoms with Gasteiger partial charge in [-0.25, -0.2) is 18.1 Å². The topological polar surface area (TPSA) is 115 Å². The van der Waals surface area contributed by atoms with E-state index in [2.05, 4.69) is 54.0 Å². The summed E-state index contributed by atoms with van der Waals surface area (Å²) in [4.78, 5) is 17.8. The third kappa shape index (κ3) is 6.82. The number of aromatic nitrogens is 3. The summed E-state index contributed by atoms with van der Waals surface area (Å²) < 4.78 is 26.2. The Hall–Kier alpha value is -3.09. The van der Waals surface area contributed by atoms with Gasteiger partial charge in [0.1, 0.15) is 5.82 Å². The lowest BCUT2D eigenvalue weighted by atomic mass is 10.00. The zero-order valence-electron chi connectivity index (χ0n) is 21.4. The van der Waals surface area contributed by atoms with Crippen molar-refractivity contribution in [1.82, 2.24) is 24.6 Å². The maximum Gasteiger partial charge on any atom is 0.224 e. The quantitative estimate of drug-likeness (QED) is 0.349. The first-order valence-corrected chi connectivity index (χ1v) is 14.5. The summed E-state index contributed by atoms with van der Waals surface area (Å²) in [6, 6.07) is 12.0. The Labute approximate surface area is 223 Å². The van der Waals surface area contributed by atoms with Gasteiger partial charge in [-0.05, 0) is 48.5 Å². The van der Waals surface area contributed by atoms with Gasteiger partial charge in [0.25, 0.3) is 0 Å². The van der Waals surface area contributed by atoms with Crippen LogP contribution in [0.2, 0.25) is 0 Å². The van der Waals surface area contributed by atoms with E-state index in [-0.39, 0.29) is 18.3 Å². The van der Waals surface area contributed by atoms with Gasteiger partial charge < -0.3 is 20.4 Å². The lowest BCUT2D eigenvalue weighted by Crippen LogP contribution is -2.58. The predicted octanol–water partition coefficient (Wildman–Crippen LogP) is 2.92. The number of fused-ring (bicyclic) bond motifs is 1. The van der Waals surface area contributed by atoms with Crippen LogP contribution >= 0.6 is 12.2 Å². The number of benzene rings is 1. The first kappa shape index (κ1) is 27.0. The van der Waals surface area contributed by atoms with Crippen LogP contribution in [0.15, 0.2) is 48.8 Å². The average molecular weight is 543 g/mol. The molecule has 1 saturated heterocycles. The largest absolute Gasteiger partial charge is 0.353 e. The number of rotatable bonds is 9. The maximum atomic E-state index is 11.9. The molecule has 0 spiro atoms. The summed E-state index contributed by atoms with van der Waals surface area (Å²) in [6.45, 7) is 8.99. The van der Waals surface area contributed by atoms with Crippen molar-refractivity contribution in [1.29, 1.82) is 0 Å². The van der Waals surface area contributed by atoms with Gasteiger partial charge in [0, 0.05) is 56.2 Å². The highest BCUT2D eigenvalue weighted by molar-refractivity contribution is 7.89. The Morgan fingerprint density at radius 3 is 2.76 bits per heavy atom. The first-order chi connectivity index (χ1) is 17.8. The standard InChI is InChI=1S/C25H34N8O2S2/c1-4-29-37(34,35)16-13-28-24-27-12-10-23(31-24)32-14-15-33(22(17-32)18(2)3)25(36)30-21-9-5-8-20-19(21)7-6-11-26-20/h5-12,18,22,29H,4,13-17H2,1-3H3,(H,30,36)(H,27,28,31). The van der Waals surface area contributed by atoms with Crippen LogP contribution in [-0.4, -0.2) is 77.9 Å². The third-order valence-electron chi connectivity index (χ3n) is 6.32. The number of pyridine rings is 1. The molecule has 0 amide bonds. The molecule has 1 atom stereocenters. The highest BCUT2D eigenvalue weighted by atomic mass is 32.2. The number of hydrogen-bond acceptors (Lipinski definition) is 8. The van der Waals surface area contributed by atoms with Crippen LogP contribution in [0.4, 0.5) is 17.5 Å². The van der Waals surface area contributed by atoms with Crippen molar-refractivity contribution in [2.45, 2.75) is 26.8 Å². The van der Waals surface area contributed by atoms with Gasteiger partial charge in [-0.1, -0.05) is 26.8 Å². The van der Waals surface area contributed by atoms with Crippen molar-refractivity contribution in [2.75, 3.05) is 54.0 Å². The Kier molecular flexibility index (Phi) is 8.72. The van der Waals surface area contributed by atoms with E-state index in [0.717, 1.165) is 42.0 Å². The molecule has 37 heavy (non-hydrogen) atoms. The Morgan fingerprint density at radius 2 is 1.97 bits per heavy atom. The summed E-state index contributed by atoms with van der Waals surface area (Å²) in [5.74, 6) is 1.53. The minimum atomic E-state index is -3.30. The molecule has 3 heterocycles. The van der Waals surface area contributed by atoms with E-state index in [4.69, 9.17) is 12.2 Å². The lowest BCUT2D eigenvalue weighted by Gasteiger charge is -2.45. The molecular weight excluding hydrogens is 508 g/mol. The highest BCUT2D eigenvalue weighted by Gasteiger charge is 2.31. The van der Waals surface area contributed by atoms with E-state index in [1.807, 2.05) is 36.4 Å². The van der Waals surface area contributed by atoms with Crippen LogP contribution in [-0.2, 0) is 10.0 Å². The van der Waals surface area contributed by atoms with E-state index in [1.165, 1.54) is 0 Å². The lowest BCUT2D eigenvalue weighted by molar-refractivity contribution is 0.227. The number of nitrogens with zero attached hydrogens (tertiary/aromatic N) is 5. The molecular formula is C25H34N8O2S2. The second-order valence-corrected chi connectivity index (χ2v) is 11.6. The molecule has 198 valence electrons. The molecule has 1 aromatic carbocycles. The summed E-state index contributed by atoms with van der Waals surface area (Å²) in [5, 5.41) is 8.21. The summed E-state index contributed by atoms with van der Waals surface area (Å²) in [7, 11) is -3.30. The van der Waals surface area contributed by atoms with Gasteiger partial charge in [-0.15, -0.1) is 0 Å². The molecule has 10 nitrogen and oxygen atoms in total. The minimum Gasteiger partial charge on any atom is -0.353 e. The van der Waals surface area contributed by atoms with Gasteiger partial charge >= 0.3 is 0 Å². The van der Waals surface area contributed by atoms with E-state index >= 15 is 0 Å². The zero-order valence-corrected chi connectivity index (χ0v) is 23.0. The Bertz CT molecular complexity index is 1330. The molecule has 2 aromatic heterocycles. The summed E-state index contributed by atoms with van der Waals surface area (Å²) in [5.41, 5.74) is 1.87. The van der Waals surface area contributed by atoms with Crippen molar-refractivity contribution in [3.8, 4) is 0 Å². The normalized spacial score (nSPS) is 16.3. The van der Waals surface area contributed by atoms with Crippen LogP contribution < -0.4 is 20.3 Å². The van der Waals surface area contributed by atoms with Crippen molar-refractivity contribution in [2.24, 2.45) is 5.92 Å². The van der Waals surface area contributed by atoms with Gasteiger partial charge in [0.2, 0.25) is 16.0 Å². The Morgan fingerprint density at radius 1 is 1.14 bits per heavy atom. The van der Waals surface area contributed by atoms with Crippen LogP contribution in [0, 0.1) is 5.92 Å². The average Bonchev–Trinajstić information content (AvgIpc) is 2.88. The number of hydrogen-bond donors (Lipinski definition) is 3. The van der Waals surface area contributed by atoms with Gasteiger partial charge in [-0.2, -0.15) is 4.98 Å². The predicted molar refractivity (Wildman–Crippen MR) is 153 cm³/mol. The number of nitrogens with one attached hydrogen (secondary N) is 3. The second kappa shape index (κ2) is 12.0. The monoisotopic (exact) mass is 542 g/mol. The molecule has 3 N–H and O–H groups in total. The molecule has 1 unspecified atom stereocenters. The molecule has 12 heteroatoms. The Balaban J connectivity index is 1.42. The van der Waals surface area contributed by atoms with Gasteiger partial charge in [0.05, 0.1) is 17.3 Å². The van der Waals surface area contributed by atoms with Gasteiger partial charge in [0.15, 0.2) is 5.11 Å². The number of sulfonamides is 1. The fraction of sp³-hybridized carbons (Fsp3) is 0.440. The smallest absolute Gasteiger partial charge is 0.224 e. The number of piperazine rings is 1. The zero-order chi connectivity index (χ0) is 26.4. The molecule has 0 aliphatic carbocycles. The molecule has 1 aliphatic heterocycles. The molecule has 1 aliphatic rings. The maximum absolute atomic E-state index is 11.9. The van der Waals surface area contributed by atoms with E-state index in [1.54, 1.807) is 19.3 Å². The summed E-state index contributed by atoms with van der Waals surface area (Å²) in [6.07, 6.45) is 3.49. The molecule has 0 radical (unpaired) electrons. The molecule has 1 fully saturated rings. The SMILES string of the molecule is CCNS(=O)(=O)CCNc1nccc(N2CCN(C(=S)Nc3cccc4ncccc34)C(C(C)C)C2)n1. The van der Waals surface area contributed by atoms with Crippen LogP contribution in [0.1, 0.15) is 20.8 Å². The van der Waals surface area contributed by atoms with Crippen molar-refractivity contribution < 1.29 is 8.42 Å². The van der Waals surface area contributed by atoms with Crippen LogP contribution in [0.5, 0.6) is 0 Å². The number of anilines is 3. The molecule has 4 rings (SSSR count). The van der Waals surface area contributed by atoms with Crippen molar-refractivity contribution >= 4 is 55.7 Å². The molecule has 0 saturated carbocycles. The molecule has 0 bridgehead atoms. The number of thiocarbonyl (C=S) groups is 1. The molecule has 3 aromatic rings. The van der Waals surface area contributed by atoms with E-state index in [0.29, 0.717) is 23.5 Å². The van der Waals surface area contributed by atoms with Gasteiger partial charge in [-0.3, -0.25) is 4.98 Å². The highest BCUT2D eigenvalue weighted by Crippen LogP contribution is 2.25. The fourth-order valence-corrected chi connectivity index (χ4v) is 5.73. The van der Waals surface area contributed by atoms with Crippen molar-refractivity contribution in [3.05, 3.63) is 48.8 Å². The third-order valence-corrected chi connectivity index (χ3v) is 8.13. The van der Waals surface area contributed by atoms with Crippen LogP contribution in [0.25, 0.3) is 10.9 Å². The van der Waals surface area contributed by atoms with Crippen LogP contribution in [0.3, 0.4) is 0 Å². The fourth-order valence-electron chi connectivity index (χ4n) is 4.44. The summed E-state index contributed by atoms with van der Waals surface area (Å²) >= 11 is 5.87. The minimum absolute atomic E-state index is 0.0419. The van der Waals surface area contributed by atoms with E-state index < -0.39 is 10.0 Å². The second-order valence-electron chi connectivity index (χ2n) is 9.24. The van der Waals surface area contributed by atoms with Crippen molar-refractivity contribution in [3.63, 3.8) is 0 Å².